The molecule has 1 aromatic carbocycles. The van der Waals surface area contributed by atoms with Gasteiger partial charge >= 0.3 is 0 Å². The molecule has 3 rings (SSSR count). The summed E-state index contributed by atoms with van der Waals surface area (Å²) in [5, 5.41) is 0. The normalized spacial score (nSPS) is 11.2. The van der Waals surface area contributed by atoms with Crippen molar-refractivity contribution in [2.24, 2.45) is 0 Å². The maximum absolute atomic E-state index is 5.86. The first-order valence-electron chi connectivity index (χ1n) is 6.14. The monoisotopic (exact) mass is 267 g/mol. The number of aromatic amines is 1. The van der Waals surface area contributed by atoms with Crippen LogP contribution in [0.5, 0.6) is 11.6 Å². The Morgan fingerprint density at radius 1 is 1.25 bits per heavy atom. The summed E-state index contributed by atoms with van der Waals surface area (Å²) >= 11 is 0. The van der Waals surface area contributed by atoms with Crippen molar-refractivity contribution in [2.45, 2.75) is 6.92 Å². The van der Waals surface area contributed by atoms with Crippen molar-refractivity contribution >= 4 is 23.2 Å². The van der Waals surface area contributed by atoms with E-state index in [0.29, 0.717) is 22.8 Å². The third kappa shape index (κ3) is 2.18. The van der Waals surface area contributed by atoms with Crippen LogP contribution in [-0.4, -0.2) is 19.9 Å². The summed E-state index contributed by atoms with van der Waals surface area (Å²) in [7, 11) is 0. The summed E-state index contributed by atoms with van der Waals surface area (Å²) in [6, 6.07) is 7.68. The van der Waals surface area contributed by atoms with E-state index in [1.165, 1.54) is 6.33 Å². The Morgan fingerprint density at radius 3 is 2.95 bits per heavy atom. The van der Waals surface area contributed by atoms with Crippen molar-refractivity contribution in [2.75, 3.05) is 5.73 Å². The van der Waals surface area contributed by atoms with Crippen molar-refractivity contribution in [3.05, 3.63) is 42.2 Å². The minimum atomic E-state index is 0.128. The average molecular weight is 267 g/mol. The van der Waals surface area contributed by atoms with Crippen LogP contribution in [0, 0.1) is 0 Å². The fourth-order valence-electron chi connectivity index (χ4n) is 1.89. The zero-order chi connectivity index (χ0) is 13.9. The van der Waals surface area contributed by atoms with E-state index in [0.717, 1.165) is 5.56 Å². The molecule has 0 saturated heterocycles. The van der Waals surface area contributed by atoms with Crippen molar-refractivity contribution in [3.63, 3.8) is 0 Å². The predicted octanol–water partition coefficient (Wildman–Crippen LogP) is 2.76. The van der Waals surface area contributed by atoms with E-state index in [4.69, 9.17) is 10.5 Å². The number of imidazole rings is 1. The van der Waals surface area contributed by atoms with E-state index in [1.807, 2.05) is 43.3 Å². The fraction of sp³-hybridized carbons (Fsp3) is 0.0714. The molecule has 0 spiro atoms. The van der Waals surface area contributed by atoms with Crippen LogP contribution in [0.4, 0.5) is 5.95 Å². The molecule has 2 aromatic heterocycles. The minimum absolute atomic E-state index is 0.128. The van der Waals surface area contributed by atoms with Crippen LogP contribution in [0.2, 0.25) is 0 Å². The van der Waals surface area contributed by atoms with Gasteiger partial charge in [0.1, 0.15) is 11.3 Å². The molecule has 0 aliphatic rings. The highest BCUT2D eigenvalue weighted by atomic mass is 16.5. The Kier molecular flexibility index (Phi) is 3.04. The van der Waals surface area contributed by atoms with Gasteiger partial charge in [-0.25, -0.2) is 4.98 Å². The lowest BCUT2D eigenvalue weighted by Gasteiger charge is -2.08. The van der Waals surface area contributed by atoms with Crippen LogP contribution >= 0.6 is 0 Å². The number of hydrogen-bond acceptors (Lipinski definition) is 5. The lowest BCUT2D eigenvalue weighted by atomic mass is 10.2. The first-order valence-corrected chi connectivity index (χ1v) is 6.14. The van der Waals surface area contributed by atoms with Gasteiger partial charge in [-0.2, -0.15) is 9.97 Å². The van der Waals surface area contributed by atoms with Gasteiger partial charge in [-0.15, -0.1) is 0 Å². The summed E-state index contributed by atoms with van der Waals surface area (Å²) in [4.78, 5) is 15.2. The first kappa shape index (κ1) is 12.2. The second-order valence-corrected chi connectivity index (χ2v) is 4.13. The van der Waals surface area contributed by atoms with E-state index in [2.05, 4.69) is 19.9 Å². The van der Waals surface area contributed by atoms with Gasteiger partial charge in [-0.05, 0) is 13.0 Å². The first-order chi connectivity index (χ1) is 9.78. The highest BCUT2D eigenvalue weighted by Crippen LogP contribution is 2.29. The number of ether oxygens (including phenoxy) is 1. The molecular weight excluding hydrogens is 254 g/mol. The number of H-pyrrole nitrogens is 1. The number of rotatable bonds is 3. The second kappa shape index (κ2) is 5.00. The molecule has 0 amide bonds. The largest absolute Gasteiger partial charge is 0.436 e. The number of benzene rings is 1. The Morgan fingerprint density at radius 2 is 2.10 bits per heavy atom. The molecule has 3 aromatic rings. The van der Waals surface area contributed by atoms with Crippen molar-refractivity contribution in [3.8, 4) is 11.6 Å². The molecule has 100 valence electrons. The molecule has 6 nitrogen and oxygen atoms in total. The standard InChI is InChI=1S/C14H13N5O/c1-2-5-9-6-3-4-7-10(9)20-13-11-12(17-8-16-11)18-14(15)19-13/h2-8H,1H3,(H3,15,16,17,18,19)/b5-2+. The Balaban J connectivity index is 2.07. The number of fused-ring (bicyclic) bond motifs is 1. The predicted molar refractivity (Wildman–Crippen MR) is 77.3 cm³/mol. The zero-order valence-corrected chi connectivity index (χ0v) is 10.9. The molecule has 0 fully saturated rings. The number of hydrogen-bond donors (Lipinski definition) is 2. The third-order valence-corrected chi connectivity index (χ3v) is 2.74. The van der Waals surface area contributed by atoms with Gasteiger partial charge in [0, 0.05) is 5.56 Å². The Bertz CT molecular complexity index is 778. The van der Waals surface area contributed by atoms with Gasteiger partial charge in [0.25, 0.3) is 5.88 Å². The minimum Gasteiger partial charge on any atom is -0.436 e. The quantitative estimate of drug-likeness (QED) is 0.761. The topological polar surface area (TPSA) is 89.7 Å². The molecule has 0 aliphatic heterocycles. The fourth-order valence-corrected chi connectivity index (χ4v) is 1.89. The van der Waals surface area contributed by atoms with Crippen molar-refractivity contribution in [1.82, 2.24) is 19.9 Å². The van der Waals surface area contributed by atoms with E-state index >= 15 is 0 Å². The third-order valence-electron chi connectivity index (χ3n) is 2.74. The molecule has 2 heterocycles. The highest BCUT2D eigenvalue weighted by Gasteiger charge is 2.11. The lowest BCUT2D eigenvalue weighted by Crippen LogP contribution is -1.99. The molecule has 0 bridgehead atoms. The van der Waals surface area contributed by atoms with Crippen molar-refractivity contribution < 1.29 is 4.74 Å². The molecule has 0 unspecified atom stereocenters. The Labute approximate surface area is 115 Å². The highest BCUT2D eigenvalue weighted by molar-refractivity contribution is 5.77. The second-order valence-electron chi connectivity index (χ2n) is 4.13. The average Bonchev–Trinajstić information content (AvgIpc) is 2.89. The molecule has 0 aliphatic carbocycles. The van der Waals surface area contributed by atoms with Gasteiger partial charge in [-0.3, -0.25) is 0 Å². The molecule has 0 saturated carbocycles. The summed E-state index contributed by atoms with van der Waals surface area (Å²) in [5.41, 5.74) is 7.72. The molecule has 0 atom stereocenters. The number of para-hydroxylation sites is 1. The summed E-state index contributed by atoms with van der Waals surface area (Å²) in [6.45, 7) is 1.95. The van der Waals surface area contributed by atoms with E-state index in [-0.39, 0.29) is 5.95 Å². The molecule has 20 heavy (non-hydrogen) atoms. The number of allylic oxidation sites excluding steroid dienone is 1. The summed E-state index contributed by atoms with van der Waals surface area (Å²) in [5.74, 6) is 1.18. The summed E-state index contributed by atoms with van der Waals surface area (Å²) in [6.07, 6.45) is 5.44. The number of nitrogens with one attached hydrogen (secondary N) is 1. The van der Waals surface area contributed by atoms with E-state index < -0.39 is 0 Å². The van der Waals surface area contributed by atoms with Crippen LogP contribution in [0.25, 0.3) is 17.2 Å². The van der Waals surface area contributed by atoms with Gasteiger partial charge in [-0.1, -0.05) is 30.4 Å². The van der Waals surface area contributed by atoms with Crippen molar-refractivity contribution in [1.29, 1.82) is 0 Å². The SMILES string of the molecule is C/C=C/c1ccccc1Oc1nc(N)nc2nc[nH]c12. The van der Waals surface area contributed by atoms with Gasteiger partial charge in [0.05, 0.1) is 6.33 Å². The molecule has 0 radical (unpaired) electrons. The number of nitrogen functional groups attached to an aromatic ring is 1. The van der Waals surface area contributed by atoms with Crippen LogP contribution in [-0.2, 0) is 0 Å². The zero-order valence-electron chi connectivity index (χ0n) is 10.9. The Hall–Kier alpha value is -2.89. The van der Waals surface area contributed by atoms with Crippen LogP contribution in [0.15, 0.2) is 36.7 Å². The summed E-state index contributed by atoms with van der Waals surface area (Å²) < 4.78 is 5.86. The number of aromatic nitrogens is 4. The van der Waals surface area contributed by atoms with Crippen LogP contribution < -0.4 is 10.5 Å². The van der Waals surface area contributed by atoms with Gasteiger partial charge < -0.3 is 15.5 Å². The maximum atomic E-state index is 5.86. The van der Waals surface area contributed by atoms with Gasteiger partial charge in [0.15, 0.2) is 5.65 Å². The van der Waals surface area contributed by atoms with Crippen LogP contribution in [0.1, 0.15) is 12.5 Å². The number of nitrogens with two attached hydrogens (primary N) is 1. The van der Waals surface area contributed by atoms with E-state index in [1.54, 1.807) is 0 Å². The number of nitrogens with zero attached hydrogens (tertiary/aromatic N) is 3. The lowest BCUT2D eigenvalue weighted by molar-refractivity contribution is 0.467. The molecule has 6 heteroatoms. The number of anilines is 1. The molecular formula is C14H13N5O. The van der Waals surface area contributed by atoms with E-state index in [9.17, 15) is 0 Å². The molecule has 3 N–H and O–H groups in total. The smallest absolute Gasteiger partial charge is 0.250 e. The van der Waals surface area contributed by atoms with Crippen LogP contribution in [0.3, 0.4) is 0 Å². The van der Waals surface area contributed by atoms with Gasteiger partial charge in [0.2, 0.25) is 5.95 Å². The maximum Gasteiger partial charge on any atom is 0.250 e.